The topological polar surface area (TPSA) is 68.8 Å². The van der Waals surface area contributed by atoms with Gasteiger partial charge in [0.2, 0.25) is 0 Å². The van der Waals surface area contributed by atoms with Crippen LogP contribution in [0.25, 0.3) is 11.0 Å². The van der Waals surface area contributed by atoms with Gasteiger partial charge in [-0.15, -0.1) is 0 Å². The summed E-state index contributed by atoms with van der Waals surface area (Å²) >= 11 is 5.98. The highest BCUT2D eigenvalue weighted by Gasteiger charge is 2.12. The van der Waals surface area contributed by atoms with Gasteiger partial charge >= 0.3 is 0 Å². The molecule has 1 N–H and O–H groups in total. The van der Waals surface area contributed by atoms with E-state index in [-0.39, 0.29) is 0 Å². The molecule has 6 nitrogen and oxygen atoms in total. The summed E-state index contributed by atoms with van der Waals surface area (Å²) in [6, 6.07) is 1.67. The van der Waals surface area contributed by atoms with Crippen molar-refractivity contribution in [1.82, 2.24) is 19.7 Å². The van der Waals surface area contributed by atoms with E-state index < -0.39 is 0 Å². The number of pyridine rings is 1. The third-order valence-electron chi connectivity index (χ3n) is 3.04. The quantitative estimate of drug-likeness (QED) is 0.578. The standard InChI is InChI=1S/C13H14ClN5O/c1-9-12-10(20-18-9)7-11(14)17-13(12)16-3-2-5-19-6-4-15-8-19/h4,6-8H,2-3,5H2,1H3,(H,16,17). The predicted molar refractivity (Wildman–Crippen MR) is 76.9 cm³/mol. The molecule has 0 saturated carbocycles. The van der Waals surface area contributed by atoms with E-state index >= 15 is 0 Å². The van der Waals surface area contributed by atoms with E-state index in [2.05, 4.69) is 20.4 Å². The van der Waals surface area contributed by atoms with Crippen LogP contribution in [-0.2, 0) is 6.54 Å². The third-order valence-corrected chi connectivity index (χ3v) is 3.23. The Morgan fingerprint density at radius 3 is 3.15 bits per heavy atom. The summed E-state index contributed by atoms with van der Waals surface area (Å²) in [6.07, 6.45) is 6.48. The normalized spacial score (nSPS) is 11.1. The number of imidazole rings is 1. The SMILES string of the molecule is Cc1noc2cc(Cl)nc(NCCCn3ccnc3)c12. The minimum absolute atomic E-state index is 0.394. The zero-order valence-corrected chi connectivity index (χ0v) is 11.8. The Labute approximate surface area is 120 Å². The smallest absolute Gasteiger partial charge is 0.173 e. The number of nitrogens with zero attached hydrogens (tertiary/aromatic N) is 4. The van der Waals surface area contributed by atoms with Crippen LogP contribution >= 0.6 is 11.6 Å². The van der Waals surface area contributed by atoms with Crippen molar-refractivity contribution in [3.8, 4) is 0 Å². The molecule has 0 aliphatic rings. The van der Waals surface area contributed by atoms with Crippen molar-refractivity contribution in [1.29, 1.82) is 0 Å². The summed E-state index contributed by atoms with van der Waals surface area (Å²) in [5, 5.41) is 8.51. The molecule has 0 aliphatic carbocycles. The van der Waals surface area contributed by atoms with Crippen molar-refractivity contribution in [3.05, 3.63) is 35.6 Å². The predicted octanol–water partition coefficient (Wildman–Crippen LogP) is 2.88. The molecule has 7 heteroatoms. The second-order valence-electron chi connectivity index (χ2n) is 4.52. The molecular weight excluding hydrogens is 278 g/mol. The number of fused-ring (bicyclic) bond motifs is 1. The van der Waals surface area contributed by atoms with E-state index in [0.717, 1.165) is 36.4 Å². The van der Waals surface area contributed by atoms with Gasteiger partial charge in [-0.2, -0.15) is 0 Å². The third kappa shape index (κ3) is 2.60. The molecule has 0 unspecified atom stereocenters. The Kier molecular flexibility index (Phi) is 3.56. The number of nitrogens with one attached hydrogen (secondary N) is 1. The zero-order valence-electron chi connectivity index (χ0n) is 11.0. The summed E-state index contributed by atoms with van der Waals surface area (Å²) in [5.41, 5.74) is 1.46. The van der Waals surface area contributed by atoms with Crippen molar-refractivity contribution >= 4 is 28.4 Å². The lowest BCUT2D eigenvalue weighted by Gasteiger charge is -2.07. The molecule has 3 aromatic rings. The van der Waals surface area contributed by atoms with Gasteiger partial charge in [0, 0.05) is 31.5 Å². The number of hydrogen-bond donors (Lipinski definition) is 1. The van der Waals surface area contributed by atoms with Crippen molar-refractivity contribution < 1.29 is 4.52 Å². The summed E-state index contributed by atoms with van der Waals surface area (Å²) in [5.74, 6) is 0.719. The Morgan fingerprint density at radius 2 is 2.35 bits per heavy atom. The first-order chi connectivity index (χ1) is 9.74. The van der Waals surface area contributed by atoms with Gasteiger partial charge in [-0.25, -0.2) is 9.97 Å². The average Bonchev–Trinajstić information content (AvgIpc) is 3.05. The number of anilines is 1. The van der Waals surface area contributed by atoms with Crippen molar-refractivity contribution in [2.45, 2.75) is 19.9 Å². The van der Waals surface area contributed by atoms with Crippen LogP contribution in [-0.4, -0.2) is 26.2 Å². The summed E-state index contributed by atoms with van der Waals surface area (Å²) in [4.78, 5) is 8.31. The second kappa shape index (κ2) is 5.50. The lowest BCUT2D eigenvalue weighted by molar-refractivity contribution is 0.450. The van der Waals surface area contributed by atoms with Crippen molar-refractivity contribution in [2.24, 2.45) is 0 Å². The van der Waals surface area contributed by atoms with Crippen LogP contribution in [0.1, 0.15) is 12.1 Å². The molecule has 104 valence electrons. The maximum absolute atomic E-state index is 5.98. The van der Waals surface area contributed by atoms with Crippen LogP contribution in [0.4, 0.5) is 5.82 Å². The lowest BCUT2D eigenvalue weighted by Crippen LogP contribution is -2.07. The molecule has 0 radical (unpaired) electrons. The minimum Gasteiger partial charge on any atom is -0.369 e. The Morgan fingerprint density at radius 1 is 1.45 bits per heavy atom. The molecule has 20 heavy (non-hydrogen) atoms. The first kappa shape index (κ1) is 12.9. The van der Waals surface area contributed by atoms with Gasteiger partial charge < -0.3 is 14.4 Å². The molecule has 0 atom stereocenters. The highest BCUT2D eigenvalue weighted by molar-refractivity contribution is 6.30. The number of aromatic nitrogens is 4. The minimum atomic E-state index is 0.394. The van der Waals surface area contributed by atoms with Gasteiger partial charge in [-0.05, 0) is 13.3 Å². The molecule has 0 aromatic carbocycles. The Balaban J connectivity index is 1.69. The fraction of sp³-hybridized carbons (Fsp3) is 0.308. The van der Waals surface area contributed by atoms with Crippen molar-refractivity contribution in [3.63, 3.8) is 0 Å². The van der Waals surface area contributed by atoms with Crippen molar-refractivity contribution in [2.75, 3.05) is 11.9 Å². The van der Waals surface area contributed by atoms with Gasteiger partial charge in [0.1, 0.15) is 11.0 Å². The first-order valence-electron chi connectivity index (χ1n) is 6.36. The fourth-order valence-electron chi connectivity index (χ4n) is 2.09. The fourth-order valence-corrected chi connectivity index (χ4v) is 2.28. The van der Waals surface area contributed by atoms with Crippen LogP contribution in [0, 0.1) is 6.92 Å². The van der Waals surface area contributed by atoms with Gasteiger partial charge in [0.15, 0.2) is 5.58 Å². The number of halogens is 1. The van der Waals surface area contributed by atoms with Gasteiger partial charge in [0.25, 0.3) is 0 Å². The summed E-state index contributed by atoms with van der Waals surface area (Å²) in [7, 11) is 0. The number of hydrogen-bond acceptors (Lipinski definition) is 5. The van der Waals surface area contributed by atoms with Gasteiger partial charge in [-0.3, -0.25) is 0 Å². The molecule has 0 aliphatic heterocycles. The maximum Gasteiger partial charge on any atom is 0.173 e. The Bertz CT molecular complexity index is 707. The molecule has 3 aromatic heterocycles. The lowest BCUT2D eigenvalue weighted by atomic mass is 10.2. The largest absolute Gasteiger partial charge is 0.369 e. The van der Waals surface area contributed by atoms with Crippen LogP contribution in [0.5, 0.6) is 0 Å². The molecule has 0 spiro atoms. The summed E-state index contributed by atoms with van der Waals surface area (Å²) < 4.78 is 7.24. The first-order valence-corrected chi connectivity index (χ1v) is 6.74. The van der Waals surface area contributed by atoms with Crippen LogP contribution in [0.2, 0.25) is 5.15 Å². The van der Waals surface area contributed by atoms with E-state index in [1.807, 2.05) is 17.7 Å². The van der Waals surface area contributed by atoms with Gasteiger partial charge in [0.05, 0.1) is 17.4 Å². The average molecular weight is 292 g/mol. The maximum atomic E-state index is 5.98. The summed E-state index contributed by atoms with van der Waals surface area (Å²) in [6.45, 7) is 3.57. The van der Waals surface area contributed by atoms with E-state index in [1.54, 1.807) is 18.6 Å². The number of aryl methyl sites for hydroxylation is 2. The Hall–Kier alpha value is -2.08. The van der Waals surface area contributed by atoms with Crippen LogP contribution < -0.4 is 5.32 Å². The van der Waals surface area contributed by atoms with E-state index in [1.165, 1.54) is 0 Å². The molecule has 3 heterocycles. The molecule has 0 amide bonds. The highest BCUT2D eigenvalue weighted by Crippen LogP contribution is 2.27. The molecule has 0 bridgehead atoms. The van der Waals surface area contributed by atoms with Crippen LogP contribution in [0.15, 0.2) is 29.3 Å². The monoisotopic (exact) mass is 291 g/mol. The number of rotatable bonds is 5. The molecular formula is C13H14ClN5O. The molecule has 0 fully saturated rings. The van der Waals surface area contributed by atoms with E-state index in [9.17, 15) is 0 Å². The van der Waals surface area contributed by atoms with Crippen LogP contribution in [0.3, 0.4) is 0 Å². The molecule has 3 rings (SSSR count). The van der Waals surface area contributed by atoms with Gasteiger partial charge in [-0.1, -0.05) is 16.8 Å². The second-order valence-corrected chi connectivity index (χ2v) is 4.90. The molecule has 0 saturated heterocycles. The highest BCUT2D eigenvalue weighted by atomic mass is 35.5. The van der Waals surface area contributed by atoms with E-state index in [0.29, 0.717) is 10.7 Å². The van der Waals surface area contributed by atoms with E-state index in [4.69, 9.17) is 16.1 Å². The zero-order chi connectivity index (χ0) is 13.9.